The first-order valence-corrected chi connectivity index (χ1v) is 13.4. The first-order valence-electron chi connectivity index (χ1n) is 13.4. The van der Waals surface area contributed by atoms with E-state index < -0.39 is 5.41 Å². The van der Waals surface area contributed by atoms with Gasteiger partial charge < -0.3 is 20.1 Å². The van der Waals surface area contributed by atoms with Crippen molar-refractivity contribution in [2.24, 2.45) is 16.6 Å². The largest absolute Gasteiger partial charge is 0.488 e. The molecule has 0 bridgehead atoms. The maximum Gasteiger partial charge on any atom is 0.195 e. The third-order valence-corrected chi connectivity index (χ3v) is 6.96. The monoisotopic (exact) mass is 509 g/mol. The Balaban J connectivity index is 2.57. The molecule has 1 aliphatic rings. The molecule has 2 rings (SSSR count). The Hall–Kier alpha value is -2.86. The SMILES string of the molecule is CCN(CC)CCOc1cc2c(cc1OC(C)C)C(=O)C(/C(C)=C/C=C(/C=NC)C(C)C)=C(N)C2(C)C. The van der Waals surface area contributed by atoms with Gasteiger partial charge in [0.25, 0.3) is 0 Å². The van der Waals surface area contributed by atoms with E-state index in [1.165, 1.54) is 0 Å². The summed E-state index contributed by atoms with van der Waals surface area (Å²) in [6.45, 7) is 21.8. The van der Waals surface area contributed by atoms with Crippen molar-refractivity contribution in [3.8, 4) is 11.5 Å². The first kappa shape index (κ1) is 30.4. The molecular formula is C31H47N3O3. The summed E-state index contributed by atoms with van der Waals surface area (Å²) in [5, 5.41) is 0. The van der Waals surface area contributed by atoms with Crippen LogP contribution in [0.4, 0.5) is 0 Å². The van der Waals surface area contributed by atoms with E-state index in [4.69, 9.17) is 15.2 Å². The zero-order chi connectivity index (χ0) is 27.9. The lowest BCUT2D eigenvalue weighted by Gasteiger charge is -2.35. The fourth-order valence-electron chi connectivity index (χ4n) is 4.49. The highest BCUT2D eigenvalue weighted by molar-refractivity contribution is 6.15. The van der Waals surface area contributed by atoms with Gasteiger partial charge in [0.15, 0.2) is 17.3 Å². The number of Topliss-reactive ketones (excluding diaryl/α,β-unsaturated/α-hetero) is 1. The lowest BCUT2D eigenvalue weighted by atomic mass is 9.70. The summed E-state index contributed by atoms with van der Waals surface area (Å²) in [4.78, 5) is 20.3. The van der Waals surface area contributed by atoms with Gasteiger partial charge in [0.05, 0.1) is 6.10 Å². The molecule has 6 nitrogen and oxygen atoms in total. The number of carbonyl (C=O) groups is 1. The van der Waals surface area contributed by atoms with Crippen molar-refractivity contribution >= 4 is 12.0 Å². The predicted octanol–water partition coefficient (Wildman–Crippen LogP) is 6.11. The van der Waals surface area contributed by atoms with Crippen LogP contribution in [0, 0.1) is 5.92 Å². The smallest absolute Gasteiger partial charge is 0.195 e. The van der Waals surface area contributed by atoms with Crippen molar-refractivity contribution in [2.45, 2.75) is 73.8 Å². The van der Waals surface area contributed by atoms with Crippen molar-refractivity contribution in [1.82, 2.24) is 4.90 Å². The van der Waals surface area contributed by atoms with Crippen LogP contribution in [0.25, 0.3) is 0 Å². The van der Waals surface area contributed by atoms with Crippen LogP contribution in [0.3, 0.4) is 0 Å². The van der Waals surface area contributed by atoms with E-state index in [9.17, 15) is 4.79 Å². The number of rotatable bonds is 12. The average Bonchev–Trinajstić information content (AvgIpc) is 2.83. The lowest BCUT2D eigenvalue weighted by Crippen LogP contribution is -2.36. The minimum atomic E-state index is -0.559. The molecule has 37 heavy (non-hydrogen) atoms. The molecule has 0 saturated heterocycles. The number of hydrogen-bond acceptors (Lipinski definition) is 6. The third kappa shape index (κ3) is 7.13. The molecule has 0 aromatic heterocycles. The van der Waals surface area contributed by atoms with Crippen molar-refractivity contribution < 1.29 is 14.3 Å². The molecule has 1 aliphatic carbocycles. The minimum absolute atomic E-state index is 0.0589. The maximum atomic E-state index is 13.9. The molecular weight excluding hydrogens is 462 g/mol. The first-order chi connectivity index (χ1) is 17.4. The zero-order valence-electron chi connectivity index (χ0n) is 24.6. The number of nitrogens with two attached hydrogens (primary N) is 1. The Bertz CT molecular complexity index is 1090. The third-order valence-electron chi connectivity index (χ3n) is 6.96. The van der Waals surface area contributed by atoms with Gasteiger partial charge in [-0.15, -0.1) is 0 Å². The quantitative estimate of drug-likeness (QED) is 0.272. The molecule has 0 atom stereocenters. The normalized spacial score (nSPS) is 16.4. The van der Waals surface area contributed by atoms with E-state index in [2.05, 4.69) is 51.4 Å². The predicted molar refractivity (Wildman–Crippen MR) is 155 cm³/mol. The Morgan fingerprint density at radius 2 is 1.76 bits per heavy atom. The number of allylic oxidation sites excluding steroid dienone is 6. The summed E-state index contributed by atoms with van der Waals surface area (Å²) in [6, 6.07) is 3.79. The lowest BCUT2D eigenvalue weighted by molar-refractivity contribution is 0.102. The number of nitrogens with zero attached hydrogens (tertiary/aromatic N) is 2. The van der Waals surface area contributed by atoms with Gasteiger partial charge in [-0.3, -0.25) is 9.79 Å². The van der Waals surface area contributed by atoms with Gasteiger partial charge in [0.1, 0.15) is 6.61 Å². The fourth-order valence-corrected chi connectivity index (χ4v) is 4.49. The number of ketones is 1. The Morgan fingerprint density at radius 3 is 2.30 bits per heavy atom. The summed E-state index contributed by atoms with van der Waals surface area (Å²) in [6.07, 6.45) is 5.78. The van der Waals surface area contributed by atoms with Crippen LogP contribution in [0.2, 0.25) is 0 Å². The maximum absolute atomic E-state index is 13.9. The molecule has 0 saturated carbocycles. The topological polar surface area (TPSA) is 77.2 Å². The van der Waals surface area contributed by atoms with Gasteiger partial charge in [0.2, 0.25) is 0 Å². The van der Waals surface area contributed by atoms with Gasteiger partial charge >= 0.3 is 0 Å². The number of carbonyl (C=O) groups excluding carboxylic acids is 1. The van der Waals surface area contributed by atoms with Crippen molar-refractivity contribution in [3.05, 3.63) is 57.8 Å². The number of fused-ring (bicyclic) bond motifs is 1. The summed E-state index contributed by atoms with van der Waals surface area (Å²) < 4.78 is 12.3. The number of likely N-dealkylation sites (N-methyl/N-ethyl adjacent to an activating group) is 1. The highest BCUT2D eigenvalue weighted by Crippen LogP contribution is 2.45. The summed E-state index contributed by atoms with van der Waals surface area (Å²) in [7, 11) is 1.76. The molecule has 0 radical (unpaired) electrons. The van der Waals surface area contributed by atoms with Gasteiger partial charge in [0, 0.05) is 42.1 Å². The van der Waals surface area contributed by atoms with E-state index in [1.54, 1.807) is 7.05 Å². The van der Waals surface area contributed by atoms with E-state index in [-0.39, 0.29) is 11.9 Å². The molecule has 0 unspecified atom stereocenters. The second-order valence-corrected chi connectivity index (χ2v) is 10.7. The second-order valence-electron chi connectivity index (χ2n) is 10.7. The summed E-state index contributed by atoms with van der Waals surface area (Å²) in [5.74, 6) is 1.45. The zero-order valence-corrected chi connectivity index (χ0v) is 24.6. The van der Waals surface area contributed by atoms with Crippen LogP contribution in [0.1, 0.15) is 78.2 Å². The second kappa shape index (κ2) is 13.1. The van der Waals surface area contributed by atoms with Crippen LogP contribution in [0.15, 0.2) is 51.7 Å². The fraction of sp³-hybridized carbons (Fsp3) is 0.548. The van der Waals surface area contributed by atoms with E-state index in [0.717, 1.165) is 36.3 Å². The van der Waals surface area contributed by atoms with Crippen molar-refractivity contribution in [3.63, 3.8) is 0 Å². The summed E-state index contributed by atoms with van der Waals surface area (Å²) >= 11 is 0. The van der Waals surface area contributed by atoms with Gasteiger partial charge in [-0.05, 0) is 68.6 Å². The van der Waals surface area contributed by atoms with Crippen LogP contribution in [-0.4, -0.2) is 56.3 Å². The molecule has 0 amide bonds. The highest BCUT2D eigenvalue weighted by Gasteiger charge is 2.39. The number of ether oxygens (including phenoxy) is 2. The molecule has 0 fully saturated rings. The van der Waals surface area contributed by atoms with Crippen molar-refractivity contribution in [2.75, 3.05) is 33.3 Å². The molecule has 6 heteroatoms. The molecule has 1 aromatic carbocycles. The molecule has 1 aromatic rings. The van der Waals surface area contributed by atoms with Crippen LogP contribution in [-0.2, 0) is 5.41 Å². The average molecular weight is 510 g/mol. The number of aliphatic imine (C=N–C) groups is 1. The molecule has 204 valence electrons. The Labute approximate surface area is 224 Å². The van der Waals surface area contributed by atoms with Crippen LogP contribution in [0.5, 0.6) is 11.5 Å². The Kier molecular flexibility index (Phi) is 10.7. The van der Waals surface area contributed by atoms with Gasteiger partial charge in [-0.1, -0.05) is 53.7 Å². The van der Waals surface area contributed by atoms with Crippen LogP contribution >= 0.6 is 0 Å². The highest BCUT2D eigenvalue weighted by atomic mass is 16.5. The van der Waals surface area contributed by atoms with E-state index in [1.807, 2.05) is 51.3 Å². The van der Waals surface area contributed by atoms with E-state index in [0.29, 0.717) is 40.9 Å². The molecule has 0 heterocycles. The number of hydrogen-bond donors (Lipinski definition) is 1. The Morgan fingerprint density at radius 1 is 1.11 bits per heavy atom. The molecule has 0 spiro atoms. The van der Waals surface area contributed by atoms with Gasteiger partial charge in [-0.2, -0.15) is 0 Å². The van der Waals surface area contributed by atoms with Crippen molar-refractivity contribution in [1.29, 1.82) is 0 Å². The van der Waals surface area contributed by atoms with Gasteiger partial charge in [-0.25, -0.2) is 0 Å². The van der Waals surface area contributed by atoms with Crippen LogP contribution < -0.4 is 15.2 Å². The number of benzene rings is 1. The summed E-state index contributed by atoms with van der Waals surface area (Å²) in [5.41, 5.74) is 10.7. The minimum Gasteiger partial charge on any atom is -0.488 e. The van der Waals surface area contributed by atoms with E-state index >= 15 is 0 Å². The molecule has 0 aliphatic heterocycles. The molecule has 2 N–H and O–H groups in total. The standard InChI is InChI=1S/C31H47N3O3/c1-11-34(12-2)15-16-36-26-18-25-24(17-27(26)37-21(5)6)29(35)28(30(32)31(25,8)9)22(7)13-14-23(19-33-10)20(3)4/h13-14,17-21H,11-12,15-16,32H2,1-10H3/b22-13+,23-14-,33-19?.